The second kappa shape index (κ2) is 7.24. The minimum Gasteiger partial charge on any atom is -0.368 e. The van der Waals surface area contributed by atoms with Gasteiger partial charge in [0.2, 0.25) is 5.91 Å². The molecule has 0 spiro atoms. The third-order valence-electron chi connectivity index (χ3n) is 4.02. The van der Waals surface area contributed by atoms with Gasteiger partial charge in [0, 0.05) is 13.1 Å². The predicted octanol–water partition coefficient (Wildman–Crippen LogP) is 0.787. The first-order valence-corrected chi connectivity index (χ1v) is 8.91. The second-order valence-electron chi connectivity index (χ2n) is 5.55. The van der Waals surface area contributed by atoms with E-state index in [1.807, 2.05) is 4.90 Å². The Hall–Kier alpha value is -0.620. The molecule has 0 aromatic heterocycles. The fraction of sp³-hybridized carbons (Fsp3) is 0.923. The highest BCUT2D eigenvalue weighted by atomic mass is 32.2. The lowest BCUT2D eigenvalue weighted by Crippen LogP contribution is -2.51. The van der Waals surface area contributed by atoms with Crippen LogP contribution in [0, 0.1) is 5.92 Å². The molecule has 2 unspecified atom stereocenters. The molecule has 2 atom stereocenters. The van der Waals surface area contributed by atoms with Crippen LogP contribution >= 0.6 is 0 Å². The molecule has 1 aliphatic heterocycles. The fourth-order valence-electron chi connectivity index (χ4n) is 2.41. The van der Waals surface area contributed by atoms with Gasteiger partial charge in [0.25, 0.3) is 0 Å². The Bertz CT molecular complexity index is 381. The molecule has 0 aliphatic carbocycles. The number of nitrogens with zero attached hydrogens (tertiary/aromatic N) is 1. The van der Waals surface area contributed by atoms with Crippen LogP contribution in [0.25, 0.3) is 0 Å². The molecule has 0 saturated carbocycles. The summed E-state index contributed by atoms with van der Waals surface area (Å²) < 4.78 is 22.8. The zero-order valence-electron chi connectivity index (χ0n) is 12.0. The highest BCUT2D eigenvalue weighted by Crippen LogP contribution is 2.17. The molecular weight excluding hydrogens is 264 g/mol. The van der Waals surface area contributed by atoms with Crippen LogP contribution in [-0.4, -0.2) is 49.9 Å². The molecule has 1 heterocycles. The zero-order valence-corrected chi connectivity index (χ0v) is 12.8. The molecule has 0 bridgehead atoms. The number of nitrogens with two attached hydrogens (primary N) is 1. The Morgan fingerprint density at radius 2 is 1.84 bits per heavy atom. The Labute approximate surface area is 116 Å². The van der Waals surface area contributed by atoms with Crippen LogP contribution in [0.5, 0.6) is 0 Å². The number of sulfone groups is 1. The van der Waals surface area contributed by atoms with Gasteiger partial charge in [0.15, 0.2) is 9.84 Å². The summed E-state index contributed by atoms with van der Waals surface area (Å²) in [7, 11) is -2.91. The predicted molar refractivity (Wildman–Crippen MR) is 76.5 cm³/mol. The Morgan fingerprint density at radius 3 is 2.32 bits per heavy atom. The lowest BCUT2D eigenvalue weighted by Gasteiger charge is -2.32. The van der Waals surface area contributed by atoms with E-state index in [1.54, 1.807) is 0 Å². The van der Waals surface area contributed by atoms with E-state index in [1.165, 1.54) is 0 Å². The number of primary amides is 1. The van der Waals surface area contributed by atoms with E-state index in [2.05, 4.69) is 13.8 Å². The van der Waals surface area contributed by atoms with Crippen LogP contribution in [-0.2, 0) is 14.6 Å². The van der Waals surface area contributed by atoms with Gasteiger partial charge in [-0.25, -0.2) is 8.42 Å². The van der Waals surface area contributed by atoms with E-state index in [9.17, 15) is 13.2 Å². The lowest BCUT2D eigenvalue weighted by atomic mass is 9.98. The van der Waals surface area contributed by atoms with Crippen LogP contribution in [0.3, 0.4) is 0 Å². The Kier molecular flexibility index (Phi) is 6.26. The molecule has 0 aromatic rings. The highest BCUT2D eigenvalue weighted by molar-refractivity contribution is 7.91. The maximum atomic E-state index is 11.5. The highest BCUT2D eigenvalue weighted by Gasteiger charge is 2.29. The molecule has 19 heavy (non-hydrogen) atoms. The molecule has 112 valence electrons. The van der Waals surface area contributed by atoms with Crippen molar-refractivity contribution in [3.8, 4) is 0 Å². The maximum Gasteiger partial charge on any atom is 0.234 e. The molecule has 0 aromatic carbocycles. The molecule has 1 saturated heterocycles. The first-order valence-electron chi connectivity index (χ1n) is 7.09. The van der Waals surface area contributed by atoms with E-state index in [-0.39, 0.29) is 23.5 Å². The molecule has 1 fully saturated rings. The summed E-state index contributed by atoms with van der Waals surface area (Å²) in [6.45, 7) is 5.22. The van der Waals surface area contributed by atoms with Crippen molar-refractivity contribution in [2.45, 2.75) is 45.6 Å². The minimum absolute atomic E-state index is 0.141. The summed E-state index contributed by atoms with van der Waals surface area (Å²) in [5.74, 6) is 0.614. The number of amides is 1. The summed E-state index contributed by atoms with van der Waals surface area (Å²) in [6, 6.07) is -0.306. The summed E-state index contributed by atoms with van der Waals surface area (Å²) in [5.41, 5.74) is 5.45. The van der Waals surface area contributed by atoms with Gasteiger partial charge in [-0.2, -0.15) is 0 Å². The van der Waals surface area contributed by atoms with Gasteiger partial charge < -0.3 is 5.73 Å². The standard InChI is InChI=1S/C13H26N2O3S/c1-3-11(2)5-4-6-12(13(14)16)15-7-9-19(17,18)10-8-15/h11-12H,3-10H2,1-2H3,(H2,14,16). The molecule has 6 heteroatoms. The van der Waals surface area contributed by atoms with Crippen molar-refractivity contribution in [2.24, 2.45) is 11.7 Å². The topological polar surface area (TPSA) is 80.5 Å². The second-order valence-corrected chi connectivity index (χ2v) is 7.85. The molecular formula is C13H26N2O3S. The zero-order chi connectivity index (χ0) is 14.5. The van der Waals surface area contributed by atoms with Gasteiger partial charge in [-0.3, -0.25) is 9.69 Å². The van der Waals surface area contributed by atoms with E-state index < -0.39 is 9.84 Å². The SMILES string of the molecule is CCC(C)CCCC(C(N)=O)N1CCS(=O)(=O)CC1. The molecule has 1 aliphatic rings. The van der Waals surface area contributed by atoms with Crippen LogP contribution in [0.15, 0.2) is 0 Å². The largest absolute Gasteiger partial charge is 0.368 e. The molecule has 0 radical (unpaired) electrons. The van der Waals surface area contributed by atoms with Gasteiger partial charge >= 0.3 is 0 Å². The molecule has 1 rings (SSSR count). The van der Waals surface area contributed by atoms with Crippen LogP contribution in [0.1, 0.15) is 39.5 Å². The van der Waals surface area contributed by atoms with Crippen molar-refractivity contribution >= 4 is 15.7 Å². The van der Waals surface area contributed by atoms with Crippen LogP contribution in [0.4, 0.5) is 0 Å². The van der Waals surface area contributed by atoms with Crippen molar-refractivity contribution in [2.75, 3.05) is 24.6 Å². The van der Waals surface area contributed by atoms with Crippen molar-refractivity contribution in [3.05, 3.63) is 0 Å². The van der Waals surface area contributed by atoms with Crippen molar-refractivity contribution in [3.63, 3.8) is 0 Å². The maximum absolute atomic E-state index is 11.5. The van der Waals surface area contributed by atoms with E-state index in [0.29, 0.717) is 19.0 Å². The number of hydrogen-bond acceptors (Lipinski definition) is 4. The average Bonchev–Trinajstić information content (AvgIpc) is 2.34. The third-order valence-corrected chi connectivity index (χ3v) is 5.63. The first kappa shape index (κ1) is 16.4. The lowest BCUT2D eigenvalue weighted by molar-refractivity contribution is -0.123. The third kappa shape index (κ3) is 5.48. The number of carbonyl (C=O) groups excluding carboxylic acids is 1. The van der Waals surface area contributed by atoms with Gasteiger partial charge in [0.1, 0.15) is 0 Å². The quantitative estimate of drug-likeness (QED) is 0.751. The first-order chi connectivity index (χ1) is 8.85. The van der Waals surface area contributed by atoms with Crippen molar-refractivity contribution in [1.29, 1.82) is 0 Å². The smallest absolute Gasteiger partial charge is 0.234 e. The van der Waals surface area contributed by atoms with Gasteiger partial charge in [-0.1, -0.05) is 33.1 Å². The van der Waals surface area contributed by atoms with Crippen molar-refractivity contribution < 1.29 is 13.2 Å². The normalized spacial score (nSPS) is 22.8. The van der Waals surface area contributed by atoms with E-state index in [4.69, 9.17) is 5.73 Å². The monoisotopic (exact) mass is 290 g/mol. The van der Waals surface area contributed by atoms with Gasteiger partial charge in [-0.05, 0) is 12.3 Å². The Morgan fingerprint density at radius 1 is 1.26 bits per heavy atom. The number of carbonyl (C=O) groups is 1. The number of hydrogen-bond donors (Lipinski definition) is 1. The van der Waals surface area contributed by atoms with Gasteiger partial charge in [-0.15, -0.1) is 0 Å². The van der Waals surface area contributed by atoms with E-state index in [0.717, 1.165) is 25.7 Å². The Balaban J connectivity index is 2.47. The summed E-state index contributed by atoms with van der Waals surface area (Å²) in [4.78, 5) is 13.5. The minimum atomic E-state index is -2.91. The van der Waals surface area contributed by atoms with Crippen LogP contribution < -0.4 is 5.73 Å². The molecule has 2 N–H and O–H groups in total. The molecule has 1 amide bonds. The fourth-order valence-corrected chi connectivity index (χ4v) is 3.64. The summed E-state index contributed by atoms with van der Waals surface area (Å²) in [5, 5.41) is 0. The average molecular weight is 290 g/mol. The summed E-state index contributed by atoms with van der Waals surface area (Å²) >= 11 is 0. The van der Waals surface area contributed by atoms with E-state index >= 15 is 0 Å². The van der Waals surface area contributed by atoms with Crippen molar-refractivity contribution in [1.82, 2.24) is 4.90 Å². The van der Waals surface area contributed by atoms with Gasteiger partial charge in [0.05, 0.1) is 17.5 Å². The molecule has 5 nitrogen and oxygen atoms in total. The summed E-state index contributed by atoms with van der Waals surface area (Å²) in [6.07, 6.45) is 3.93. The number of rotatable bonds is 7. The van der Waals surface area contributed by atoms with Crippen LogP contribution in [0.2, 0.25) is 0 Å².